The van der Waals surface area contributed by atoms with Crippen LogP contribution >= 0.6 is 0 Å². The third-order valence-electron chi connectivity index (χ3n) is 7.52. The quantitative estimate of drug-likeness (QED) is 0.344. The zero-order chi connectivity index (χ0) is 31.9. The molecule has 1 aliphatic carbocycles. The van der Waals surface area contributed by atoms with Crippen LogP contribution in [0, 0.1) is 0 Å². The monoisotopic (exact) mass is 611 g/mol. The standard InChI is InChI=1S/C30H41N7O7/c1-28(2,3)43-25(38)32-24(31)36(27(40)44-29(4,5)6)18-30(14-15-30)23-34-33-22(42-23)21-13-12-20-16-35(21)26(39)37(20)41-17-19-10-8-7-9-11-19/h7-11,20-21H,12-18H2,1-6H3,(H2,31,32,38)/t20-,21?/m1/s1. The Balaban J connectivity index is 1.30. The van der Waals surface area contributed by atoms with Gasteiger partial charge in [-0.05, 0) is 72.8 Å². The van der Waals surface area contributed by atoms with Crippen LogP contribution in [-0.4, -0.2) is 79.6 Å². The number of piperidine rings is 1. The van der Waals surface area contributed by atoms with Gasteiger partial charge in [0.15, 0.2) is 0 Å². The van der Waals surface area contributed by atoms with Crippen LogP contribution in [0.4, 0.5) is 14.4 Å². The van der Waals surface area contributed by atoms with Crippen LogP contribution < -0.4 is 5.73 Å². The van der Waals surface area contributed by atoms with Gasteiger partial charge < -0.3 is 24.5 Å². The van der Waals surface area contributed by atoms with Crippen molar-refractivity contribution in [3.05, 3.63) is 47.7 Å². The number of aliphatic imine (C=N–C) groups is 1. The number of hydrogen-bond acceptors (Lipinski definition) is 9. The smallest absolute Gasteiger partial charge is 0.437 e. The summed E-state index contributed by atoms with van der Waals surface area (Å²) in [6.07, 6.45) is 0.907. The molecule has 238 valence electrons. The van der Waals surface area contributed by atoms with Gasteiger partial charge in [0.2, 0.25) is 17.7 Å². The van der Waals surface area contributed by atoms with E-state index in [9.17, 15) is 14.4 Å². The van der Waals surface area contributed by atoms with E-state index in [1.807, 2.05) is 30.3 Å². The van der Waals surface area contributed by atoms with Gasteiger partial charge in [0.1, 0.15) is 23.9 Å². The van der Waals surface area contributed by atoms with Gasteiger partial charge in [0.05, 0.1) is 11.5 Å². The summed E-state index contributed by atoms with van der Waals surface area (Å²) in [6, 6.07) is 8.98. The van der Waals surface area contributed by atoms with E-state index in [1.165, 1.54) is 5.06 Å². The molecule has 2 bridgehead atoms. The summed E-state index contributed by atoms with van der Waals surface area (Å²) in [7, 11) is 0. The minimum Gasteiger partial charge on any atom is -0.443 e. The first-order valence-electron chi connectivity index (χ1n) is 14.8. The molecule has 5 rings (SSSR count). The minimum atomic E-state index is -0.929. The Morgan fingerprint density at radius 1 is 1.07 bits per heavy atom. The molecular formula is C30H41N7O7. The first kappa shape index (κ1) is 31.2. The second-order valence-electron chi connectivity index (χ2n) is 13.5. The third-order valence-corrected chi connectivity index (χ3v) is 7.52. The number of hydrogen-bond donors (Lipinski definition) is 1. The lowest BCUT2D eigenvalue weighted by atomic mass is 10.0. The summed E-state index contributed by atoms with van der Waals surface area (Å²) < 4.78 is 17.0. The predicted octanol–water partition coefficient (Wildman–Crippen LogP) is 4.66. The van der Waals surface area contributed by atoms with Crippen molar-refractivity contribution in [1.29, 1.82) is 0 Å². The summed E-state index contributed by atoms with van der Waals surface area (Å²) in [5.74, 6) is 0.273. The van der Waals surface area contributed by atoms with E-state index in [-0.39, 0.29) is 24.6 Å². The van der Waals surface area contributed by atoms with Gasteiger partial charge in [0.25, 0.3) is 0 Å². The van der Waals surface area contributed by atoms with Gasteiger partial charge in [-0.15, -0.1) is 15.2 Å². The van der Waals surface area contributed by atoms with Gasteiger partial charge >= 0.3 is 18.2 Å². The van der Waals surface area contributed by atoms with Gasteiger partial charge in [0, 0.05) is 13.1 Å². The molecule has 2 aliphatic heterocycles. The predicted molar refractivity (Wildman–Crippen MR) is 157 cm³/mol. The van der Waals surface area contributed by atoms with E-state index < -0.39 is 34.8 Å². The lowest BCUT2D eigenvalue weighted by Crippen LogP contribution is -2.48. The van der Waals surface area contributed by atoms with E-state index in [2.05, 4.69) is 15.2 Å². The van der Waals surface area contributed by atoms with Crippen molar-refractivity contribution in [2.75, 3.05) is 13.1 Å². The zero-order valence-corrected chi connectivity index (χ0v) is 26.1. The highest BCUT2D eigenvalue weighted by atomic mass is 16.7. The van der Waals surface area contributed by atoms with Crippen LogP contribution in [0.5, 0.6) is 0 Å². The molecule has 1 aromatic heterocycles. The number of urea groups is 1. The number of hydroxylamine groups is 2. The molecular weight excluding hydrogens is 570 g/mol. The van der Waals surface area contributed by atoms with Gasteiger partial charge in [-0.1, -0.05) is 30.3 Å². The molecule has 1 unspecified atom stereocenters. The maximum Gasteiger partial charge on any atom is 0.437 e. The number of ether oxygens (including phenoxy) is 2. The molecule has 0 spiro atoms. The van der Waals surface area contributed by atoms with Crippen LogP contribution in [-0.2, 0) is 26.3 Å². The maximum absolute atomic E-state index is 13.3. The van der Waals surface area contributed by atoms with E-state index in [0.717, 1.165) is 10.5 Å². The molecule has 1 aromatic carbocycles. The summed E-state index contributed by atoms with van der Waals surface area (Å²) in [5.41, 5.74) is 4.81. The number of rotatable bonds is 7. The van der Waals surface area contributed by atoms with Crippen LogP contribution in [0.15, 0.2) is 39.7 Å². The fourth-order valence-electron chi connectivity index (χ4n) is 5.24. The Morgan fingerprint density at radius 2 is 1.75 bits per heavy atom. The molecule has 2 aromatic rings. The highest BCUT2D eigenvalue weighted by Gasteiger charge is 2.53. The number of fused-ring (bicyclic) bond motifs is 2. The Labute approximate surface area is 256 Å². The van der Waals surface area contributed by atoms with E-state index in [4.69, 9.17) is 24.5 Å². The number of amides is 4. The minimum absolute atomic E-state index is 0.00182. The third kappa shape index (κ3) is 7.12. The number of nitrogens with two attached hydrogens (primary N) is 1. The highest BCUT2D eigenvalue weighted by molar-refractivity contribution is 5.98. The molecule has 2 N–H and O–H groups in total. The first-order chi connectivity index (χ1) is 20.6. The van der Waals surface area contributed by atoms with Gasteiger partial charge in [-0.25, -0.2) is 19.3 Å². The topological polar surface area (TPSA) is 166 Å². The number of guanidine groups is 1. The Hall–Kier alpha value is -4.20. The molecule has 3 fully saturated rings. The first-order valence-corrected chi connectivity index (χ1v) is 14.8. The molecule has 0 radical (unpaired) electrons. The number of aromatic nitrogens is 2. The molecule has 14 heteroatoms. The fourth-order valence-corrected chi connectivity index (χ4v) is 5.24. The second-order valence-corrected chi connectivity index (χ2v) is 13.5. The Morgan fingerprint density at radius 3 is 2.39 bits per heavy atom. The van der Waals surface area contributed by atoms with Crippen molar-refractivity contribution in [2.45, 2.75) is 103 Å². The van der Waals surface area contributed by atoms with Crippen molar-refractivity contribution in [2.24, 2.45) is 10.7 Å². The summed E-state index contributed by atoms with van der Waals surface area (Å²) >= 11 is 0. The van der Waals surface area contributed by atoms with Crippen molar-refractivity contribution >= 4 is 24.2 Å². The molecule has 2 atom stereocenters. The molecule has 1 saturated carbocycles. The van der Waals surface area contributed by atoms with Crippen LogP contribution in [0.1, 0.15) is 90.6 Å². The molecule has 2 saturated heterocycles. The number of carbonyl (C=O) groups is 3. The average molecular weight is 612 g/mol. The molecule has 3 heterocycles. The molecule has 14 nitrogen and oxygen atoms in total. The van der Waals surface area contributed by atoms with Crippen molar-refractivity contribution in [3.63, 3.8) is 0 Å². The SMILES string of the molecule is CC(C)(C)OC(=O)N=C(N)N(CC1(c2nnc(C3CC[C@@H]4CN3C(=O)N4OCc3ccccc3)o2)CC1)C(=O)OC(C)(C)C. The van der Waals surface area contributed by atoms with Crippen molar-refractivity contribution in [1.82, 2.24) is 25.1 Å². The maximum atomic E-state index is 13.3. The number of benzene rings is 1. The zero-order valence-electron chi connectivity index (χ0n) is 26.1. The normalized spacial score (nSPS) is 21.3. The molecule has 3 aliphatic rings. The van der Waals surface area contributed by atoms with Crippen LogP contribution in [0.3, 0.4) is 0 Å². The van der Waals surface area contributed by atoms with Crippen molar-refractivity contribution in [3.8, 4) is 0 Å². The number of carbonyl (C=O) groups excluding carboxylic acids is 3. The fraction of sp³-hybridized carbons (Fsp3) is 0.600. The Bertz CT molecular complexity index is 1410. The van der Waals surface area contributed by atoms with E-state index in [0.29, 0.717) is 50.6 Å². The summed E-state index contributed by atoms with van der Waals surface area (Å²) in [6.45, 7) is 11.1. The van der Waals surface area contributed by atoms with Gasteiger partial charge in [-0.2, -0.15) is 5.06 Å². The largest absolute Gasteiger partial charge is 0.443 e. The summed E-state index contributed by atoms with van der Waals surface area (Å²) in [5, 5.41) is 10.1. The van der Waals surface area contributed by atoms with Crippen LogP contribution in [0.25, 0.3) is 0 Å². The lowest BCUT2D eigenvalue weighted by molar-refractivity contribution is -0.140. The van der Waals surface area contributed by atoms with Crippen LogP contribution in [0.2, 0.25) is 0 Å². The molecule has 4 amide bonds. The number of nitrogens with zero attached hydrogens (tertiary/aromatic N) is 6. The van der Waals surface area contributed by atoms with E-state index in [1.54, 1.807) is 46.4 Å². The molecule has 44 heavy (non-hydrogen) atoms. The van der Waals surface area contributed by atoms with Crippen molar-refractivity contribution < 1.29 is 33.1 Å². The van der Waals surface area contributed by atoms with Gasteiger partial charge in [-0.3, -0.25) is 4.84 Å². The highest BCUT2D eigenvalue weighted by Crippen LogP contribution is 2.49. The lowest BCUT2D eigenvalue weighted by Gasteiger charge is -2.29. The summed E-state index contributed by atoms with van der Waals surface area (Å²) in [4.78, 5) is 51.4. The average Bonchev–Trinajstić information content (AvgIpc) is 3.47. The van der Waals surface area contributed by atoms with E-state index >= 15 is 0 Å². The Kier molecular flexibility index (Phi) is 8.31. The second kappa shape index (κ2) is 11.7.